The Morgan fingerprint density at radius 3 is 2.53 bits per heavy atom. The second kappa shape index (κ2) is 11.8. The molecule has 4 heterocycles. The van der Waals surface area contributed by atoms with Gasteiger partial charge in [-0.25, -0.2) is 0 Å². The topological polar surface area (TPSA) is 80.3 Å². The molecular weight excluding hydrogens is 625 g/mol. The van der Waals surface area contributed by atoms with Gasteiger partial charge in [0.1, 0.15) is 6.54 Å². The number of aliphatic imine (C=N–C) groups is 1. The van der Waals surface area contributed by atoms with E-state index in [0.717, 1.165) is 42.1 Å². The van der Waals surface area contributed by atoms with Crippen LogP contribution < -0.4 is 20.4 Å². The molecule has 0 saturated carbocycles. The number of dihydropyridines is 1. The summed E-state index contributed by atoms with van der Waals surface area (Å²) < 4.78 is 44.6. The quantitative estimate of drug-likeness (QED) is 0.494. The molecule has 1 aromatic carbocycles. The summed E-state index contributed by atoms with van der Waals surface area (Å²) in [5.41, 5.74) is 1.62. The lowest BCUT2D eigenvalue weighted by atomic mass is 9.85. The summed E-state index contributed by atoms with van der Waals surface area (Å²) in [6.07, 6.45) is 3.79. The van der Waals surface area contributed by atoms with Crippen LogP contribution in [0, 0.1) is 11.8 Å². The minimum atomic E-state index is -4.61. The molecule has 2 fully saturated rings. The summed E-state index contributed by atoms with van der Waals surface area (Å²) in [5, 5.41) is 6.01. The molecule has 2 atom stereocenters. The van der Waals surface area contributed by atoms with Crippen LogP contribution in [0.3, 0.4) is 0 Å². The highest BCUT2D eigenvalue weighted by Crippen LogP contribution is 2.43. The number of halogens is 4. The van der Waals surface area contributed by atoms with Gasteiger partial charge in [0.05, 0.1) is 23.0 Å². The number of fused-ring (bicyclic) bond motifs is 2. The lowest BCUT2D eigenvalue weighted by Gasteiger charge is -2.40. The molecular formula is C31H36BrF3N6O2. The number of anilines is 2. The number of nitrogens with zero attached hydrogens (tertiary/aromatic N) is 4. The Hall–Kier alpha value is -3.12. The second-order valence-electron chi connectivity index (χ2n) is 12.2. The minimum Gasteiger partial charge on any atom is -0.371 e. The Kier molecular flexibility index (Phi) is 8.18. The Bertz CT molecular complexity index is 1420. The van der Waals surface area contributed by atoms with Gasteiger partial charge in [0, 0.05) is 58.6 Å². The molecule has 1 aromatic rings. The largest absolute Gasteiger partial charge is 0.418 e. The first-order chi connectivity index (χ1) is 20.5. The molecule has 0 radical (unpaired) electrons. The van der Waals surface area contributed by atoms with Gasteiger partial charge in [-0.05, 0) is 70.1 Å². The summed E-state index contributed by atoms with van der Waals surface area (Å²) >= 11 is 3.55. The second-order valence-corrected chi connectivity index (χ2v) is 13.1. The number of carbonyl (C=O) groups is 2. The number of amides is 2. The highest BCUT2D eigenvalue weighted by atomic mass is 79.9. The number of piperidine rings is 2. The molecule has 0 spiro atoms. The predicted octanol–water partition coefficient (Wildman–Crippen LogP) is 4.59. The Labute approximate surface area is 257 Å². The van der Waals surface area contributed by atoms with Gasteiger partial charge >= 0.3 is 6.18 Å². The summed E-state index contributed by atoms with van der Waals surface area (Å²) in [6.45, 7) is 4.53. The van der Waals surface area contributed by atoms with Crippen LogP contribution in [0.15, 0.2) is 56.8 Å². The van der Waals surface area contributed by atoms with E-state index >= 15 is 0 Å². The first-order valence-electron chi connectivity index (χ1n) is 14.9. The average molecular weight is 662 g/mol. The Morgan fingerprint density at radius 1 is 1.12 bits per heavy atom. The smallest absolute Gasteiger partial charge is 0.371 e. The molecule has 8 nitrogen and oxygen atoms in total. The van der Waals surface area contributed by atoms with E-state index in [1.54, 1.807) is 22.1 Å². The van der Waals surface area contributed by atoms with Crippen molar-refractivity contribution in [3.8, 4) is 0 Å². The number of rotatable bonds is 4. The molecule has 0 aromatic heterocycles. The summed E-state index contributed by atoms with van der Waals surface area (Å²) in [4.78, 5) is 35.9. The number of likely N-dealkylation sites (tertiary alicyclic amines) is 1. The van der Waals surface area contributed by atoms with Crippen LogP contribution in [-0.2, 0) is 15.8 Å². The molecule has 2 unspecified atom stereocenters. The van der Waals surface area contributed by atoms with Crippen LogP contribution in [0.25, 0.3) is 0 Å². The van der Waals surface area contributed by atoms with Crippen LogP contribution in [0.5, 0.6) is 0 Å². The van der Waals surface area contributed by atoms with E-state index < -0.39 is 11.7 Å². The van der Waals surface area contributed by atoms with Crippen molar-refractivity contribution in [3.05, 3.63) is 57.4 Å². The number of nitrogens with one attached hydrogen (secondary N) is 2. The van der Waals surface area contributed by atoms with Crippen molar-refractivity contribution >= 4 is 45.3 Å². The van der Waals surface area contributed by atoms with Crippen LogP contribution in [0.2, 0.25) is 0 Å². The molecule has 2 N–H and O–H groups in total. The molecule has 6 rings (SSSR count). The van der Waals surface area contributed by atoms with E-state index in [0.29, 0.717) is 43.0 Å². The third-order valence-corrected chi connectivity index (χ3v) is 9.63. The highest BCUT2D eigenvalue weighted by molar-refractivity contribution is 9.11. The fraction of sp³-hybridized carbons (Fsp3) is 0.516. The number of benzene rings is 1. The van der Waals surface area contributed by atoms with Gasteiger partial charge in [-0.3, -0.25) is 14.6 Å². The highest BCUT2D eigenvalue weighted by Gasteiger charge is 2.40. The van der Waals surface area contributed by atoms with E-state index in [2.05, 4.69) is 43.5 Å². The molecule has 230 valence electrons. The van der Waals surface area contributed by atoms with Crippen molar-refractivity contribution in [1.82, 2.24) is 15.5 Å². The van der Waals surface area contributed by atoms with Crippen molar-refractivity contribution in [2.75, 3.05) is 49.6 Å². The van der Waals surface area contributed by atoms with Gasteiger partial charge in [0.15, 0.2) is 0 Å². The predicted molar refractivity (Wildman–Crippen MR) is 164 cm³/mol. The maximum Gasteiger partial charge on any atom is 0.418 e. The lowest BCUT2D eigenvalue weighted by molar-refractivity contribution is -0.137. The molecule has 2 amide bonds. The minimum absolute atomic E-state index is 0.00944. The molecule has 43 heavy (non-hydrogen) atoms. The third-order valence-electron chi connectivity index (χ3n) is 9.14. The van der Waals surface area contributed by atoms with E-state index in [-0.39, 0.29) is 48.0 Å². The van der Waals surface area contributed by atoms with Gasteiger partial charge < -0.3 is 25.3 Å². The number of allylic oxidation sites excluding steroid dienone is 3. The molecule has 12 heteroatoms. The summed E-state index contributed by atoms with van der Waals surface area (Å²) in [5.74, 6) is -0.444. The maximum absolute atomic E-state index is 14.6. The van der Waals surface area contributed by atoms with Gasteiger partial charge in [0.2, 0.25) is 11.8 Å². The van der Waals surface area contributed by atoms with E-state index in [4.69, 9.17) is 0 Å². The zero-order valence-corrected chi connectivity index (χ0v) is 25.8. The summed E-state index contributed by atoms with van der Waals surface area (Å²) in [7, 11) is 2.07. The van der Waals surface area contributed by atoms with Gasteiger partial charge in [-0.1, -0.05) is 28.9 Å². The fourth-order valence-corrected chi connectivity index (χ4v) is 7.44. The molecule has 2 saturated heterocycles. The number of carbonyl (C=O) groups excluding carboxylic acids is 2. The van der Waals surface area contributed by atoms with Crippen molar-refractivity contribution in [2.45, 2.75) is 50.9 Å². The Morgan fingerprint density at radius 2 is 1.84 bits per heavy atom. The first kappa shape index (κ1) is 29.9. The zero-order chi connectivity index (χ0) is 30.5. The number of alkyl halides is 3. The van der Waals surface area contributed by atoms with Crippen LogP contribution >= 0.6 is 15.9 Å². The standard InChI is InChI=1S/C31H36BrF3N6O2/c1-18-13-20(32)14-23-28(18)36-16-25-29(23)41(17-27(42)38-25)22-3-4-26(24(15-22)31(33,34)35)40-11-5-19(6-12-40)30(43)37-21-7-9-39(2)10-8-21/h3-4,13-16,18-19,21,28H,5-12,17H2,1-2H3,(H,37,43)(H,38,42). The normalized spacial score (nSPS) is 25.6. The van der Waals surface area contributed by atoms with Gasteiger partial charge in [0.25, 0.3) is 0 Å². The van der Waals surface area contributed by atoms with Gasteiger partial charge in [-0.2, -0.15) is 13.2 Å². The monoisotopic (exact) mass is 660 g/mol. The van der Waals surface area contributed by atoms with E-state index in [1.807, 2.05) is 19.1 Å². The number of hydrogen-bond donors (Lipinski definition) is 2. The fourth-order valence-electron chi connectivity index (χ4n) is 6.78. The van der Waals surface area contributed by atoms with Crippen molar-refractivity contribution < 1.29 is 22.8 Å². The van der Waals surface area contributed by atoms with Crippen LogP contribution in [-0.4, -0.2) is 74.8 Å². The lowest BCUT2D eigenvalue weighted by Crippen LogP contribution is -2.48. The Balaban J connectivity index is 1.23. The van der Waals surface area contributed by atoms with Gasteiger partial charge in [-0.15, -0.1) is 0 Å². The number of hydrogen-bond acceptors (Lipinski definition) is 6. The molecule has 4 aliphatic heterocycles. The molecule has 0 bridgehead atoms. The van der Waals surface area contributed by atoms with Crippen molar-refractivity contribution in [2.24, 2.45) is 16.8 Å². The third kappa shape index (κ3) is 6.13. The zero-order valence-electron chi connectivity index (χ0n) is 24.3. The van der Waals surface area contributed by atoms with Crippen LogP contribution in [0.1, 0.15) is 38.2 Å². The maximum atomic E-state index is 14.6. The molecule has 5 aliphatic rings. The van der Waals surface area contributed by atoms with Crippen molar-refractivity contribution in [3.63, 3.8) is 0 Å². The van der Waals surface area contributed by atoms with E-state index in [1.165, 1.54) is 6.07 Å². The van der Waals surface area contributed by atoms with E-state index in [9.17, 15) is 22.8 Å². The molecule has 1 aliphatic carbocycles. The first-order valence-corrected chi connectivity index (χ1v) is 15.7. The summed E-state index contributed by atoms with van der Waals surface area (Å²) in [6, 6.07) is 4.28. The SMILES string of the molecule is CC1C=C(Br)C=C2C3=C(C=NC21)NC(=O)CN3c1ccc(N2CCC(C(=O)NC3CCN(C)CC3)CC2)c(C(F)(F)F)c1. The van der Waals surface area contributed by atoms with Crippen molar-refractivity contribution in [1.29, 1.82) is 0 Å². The average Bonchev–Trinajstić information content (AvgIpc) is 2.97. The van der Waals surface area contributed by atoms with Crippen LogP contribution in [0.4, 0.5) is 24.5 Å².